The molecular formula is C18H32N2O. The fourth-order valence-electron chi connectivity index (χ4n) is 2.68. The summed E-state index contributed by atoms with van der Waals surface area (Å²) in [5.41, 5.74) is 1.28. The highest BCUT2D eigenvalue weighted by Gasteiger charge is 2.10. The largest absolute Gasteiger partial charge is 0.497 e. The molecular weight excluding hydrogens is 260 g/mol. The molecule has 2 atom stereocenters. The fraction of sp³-hybridized carbons (Fsp3) is 0.667. The van der Waals surface area contributed by atoms with Crippen LogP contribution in [0.2, 0.25) is 0 Å². The van der Waals surface area contributed by atoms with E-state index in [4.69, 9.17) is 4.74 Å². The van der Waals surface area contributed by atoms with Crippen LogP contribution >= 0.6 is 0 Å². The number of rotatable bonds is 10. The molecule has 21 heavy (non-hydrogen) atoms. The molecule has 0 spiro atoms. The van der Waals surface area contributed by atoms with Gasteiger partial charge < -0.3 is 15.0 Å². The van der Waals surface area contributed by atoms with Gasteiger partial charge in [0.15, 0.2) is 0 Å². The SMILES string of the molecule is CCN(CC)CCCC(C)NC(C)c1cccc(OC)c1. The third kappa shape index (κ3) is 6.49. The van der Waals surface area contributed by atoms with Gasteiger partial charge in [0.1, 0.15) is 5.75 Å². The first-order valence-corrected chi connectivity index (χ1v) is 8.23. The molecule has 0 fully saturated rings. The minimum atomic E-state index is 0.351. The van der Waals surface area contributed by atoms with Crippen molar-refractivity contribution < 1.29 is 4.74 Å². The minimum absolute atomic E-state index is 0.351. The second-order valence-electron chi connectivity index (χ2n) is 5.74. The summed E-state index contributed by atoms with van der Waals surface area (Å²) >= 11 is 0. The van der Waals surface area contributed by atoms with Crippen LogP contribution in [0.1, 0.15) is 52.1 Å². The van der Waals surface area contributed by atoms with Crippen LogP contribution in [0.25, 0.3) is 0 Å². The fourth-order valence-corrected chi connectivity index (χ4v) is 2.68. The average molecular weight is 292 g/mol. The van der Waals surface area contributed by atoms with Crippen LogP contribution in [-0.4, -0.2) is 37.7 Å². The molecule has 1 N–H and O–H groups in total. The molecule has 2 unspecified atom stereocenters. The third-order valence-corrected chi connectivity index (χ3v) is 4.13. The van der Waals surface area contributed by atoms with Gasteiger partial charge in [0.05, 0.1) is 7.11 Å². The van der Waals surface area contributed by atoms with E-state index < -0.39 is 0 Å². The first-order valence-electron chi connectivity index (χ1n) is 8.23. The zero-order valence-corrected chi connectivity index (χ0v) is 14.4. The van der Waals surface area contributed by atoms with Crippen LogP contribution in [0.4, 0.5) is 0 Å². The second-order valence-corrected chi connectivity index (χ2v) is 5.74. The molecule has 1 rings (SSSR count). The number of ether oxygens (including phenoxy) is 1. The summed E-state index contributed by atoms with van der Waals surface area (Å²) in [6.45, 7) is 12.5. The molecule has 0 heterocycles. The highest BCUT2D eigenvalue weighted by Crippen LogP contribution is 2.19. The van der Waals surface area contributed by atoms with Gasteiger partial charge in [-0.2, -0.15) is 0 Å². The first kappa shape index (κ1) is 18.0. The lowest BCUT2D eigenvalue weighted by molar-refractivity contribution is 0.288. The Hall–Kier alpha value is -1.06. The van der Waals surface area contributed by atoms with Gasteiger partial charge in [-0.05, 0) is 64.0 Å². The van der Waals surface area contributed by atoms with Crippen LogP contribution in [0.5, 0.6) is 5.75 Å². The van der Waals surface area contributed by atoms with Crippen molar-refractivity contribution in [3.8, 4) is 5.75 Å². The monoisotopic (exact) mass is 292 g/mol. The quantitative estimate of drug-likeness (QED) is 0.709. The predicted molar refractivity (Wildman–Crippen MR) is 91.0 cm³/mol. The highest BCUT2D eigenvalue weighted by molar-refractivity contribution is 5.30. The summed E-state index contributed by atoms with van der Waals surface area (Å²) < 4.78 is 5.29. The Morgan fingerprint density at radius 2 is 1.90 bits per heavy atom. The molecule has 120 valence electrons. The Bertz CT molecular complexity index is 391. The van der Waals surface area contributed by atoms with Crippen molar-refractivity contribution in [1.82, 2.24) is 10.2 Å². The normalized spacial score (nSPS) is 14.2. The number of nitrogens with one attached hydrogen (secondary N) is 1. The number of benzene rings is 1. The summed E-state index contributed by atoms with van der Waals surface area (Å²) in [4.78, 5) is 2.48. The van der Waals surface area contributed by atoms with E-state index in [-0.39, 0.29) is 0 Å². The number of nitrogens with zero attached hydrogens (tertiary/aromatic N) is 1. The molecule has 0 aliphatic heterocycles. The van der Waals surface area contributed by atoms with Gasteiger partial charge in [-0.3, -0.25) is 0 Å². The maximum atomic E-state index is 5.29. The van der Waals surface area contributed by atoms with Gasteiger partial charge in [0.25, 0.3) is 0 Å². The van der Waals surface area contributed by atoms with Crippen molar-refractivity contribution >= 4 is 0 Å². The van der Waals surface area contributed by atoms with Gasteiger partial charge >= 0.3 is 0 Å². The third-order valence-electron chi connectivity index (χ3n) is 4.13. The molecule has 1 aromatic carbocycles. The van der Waals surface area contributed by atoms with Crippen LogP contribution < -0.4 is 10.1 Å². The summed E-state index contributed by atoms with van der Waals surface area (Å²) in [6.07, 6.45) is 2.46. The maximum Gasteiger partial charge on any atom is 0.119 e. The Kier molecular flexibility index (Phi) is 8.40. The van der Waals surface area contributed by atoms with Gasteiger partial charge in [0, 0.05) is 12.1 Å². The number of methoxy groups -OCH3 is 1. The van der Waals surface area contributed by atoms with Crippen molar-refractivity contribution in [2.24, 2.45) is 0 Å². The second kappa shape index (κ2) is 9.80. The van der Waals surface area contributed by atoms with E-state index >= 15 is 0 Å². The van der Waals surface area contributed by atoms with Crippen LogP contribution in [0, 0.1) is 0 Å². The van der Waals surface area contributed by atoms with E-state index in [2.05, 4.69) is 56.1 Å². The van der Waals surface area contributed by atoms with Gasteiger partial charge in [-0.1, -0.05) is 26.0 Å². The van der Waals surface area contributed by atoms with E-state index in [1.54, 1.807) is 7.11 Å². The van der Waals surface area contributed by atoms with Crippen LogP contribution in [0.3, 0.4) is 0 Å². The first-order chi connectivity index (χ1) is 10.1. The number of hydrogen-bond acceptors (Lipinski definition) is 3. The lowest BCUT2D eigenvalue weighted by atomic mass is 10.1. The Labute approximate surface area is 130 Å². The molecule has 3 heteroatoms. The highest BCUT2D eigenvalue weighted by atomic mass is 16.5. The summed E-state index contributed by atoms with van der Waals surface area (Å²) in [5.74, 6) is 0.926. The molecule has 0 saturated heterocycles. The molecule has 0 aliphatic carbocycles. The zero-order chi connectivity index (χ0) is 15.7. The van der Waals surface area contributed by atoms with E-state index in [0.29, 0.717) is 12.1 Å². The van der Waals surface area contributed by atoms with E-state index in [1.807, 2.05) is 6.07 Å². The van der Waals surface area contributed by atoms with Gasteiger partial charge in [-0.25, -0.2) is 0 Å². The Morgan fingerprint density at radius 1 is 1.19 bits per heavy atom. The summed E-state index contributed by atoms with van der Waals surface area (Å²) in [6, 6.07) is 9.19. The lowest BCUT2D eigenvalue weighted by Gasteiger charge is -2.23. The topological polar surface area (TPSA) is 24.5 Å². The predicted octanol–water partition coefficient (Wildman–Crippen LogP) is 3.86. The lowest BCUT2D eigenvalue weighted by Crippen LogP contribution is -2.30. The molecule has 0 aromatic heterocycles. The maximum absolute atomic E-state index is 5.29. The molecule has 0 aliphatic rings. The summed E-state index contributed by atoms with van der Waals surface area (Å²) in [5, 5.41) is 3.68. The Balaban J connectivity index is 2.37. The average Bonchev–Trinajstić information content (AvgIpc) is 2.51. The van der Waals surface area contributed by atoms with Crippen molar-refractivity contribution in [3.05, 3.63) is 29.8 Å². The minimum Gasteiger partial charge on any atom is -0.497 e. The van der Waals surface area contributed by atoms with Crippen LogP contribution in [0.15, 0.2) is 24.3 Å². The van der Waals surface area contributed by atoms with Crippen LogP contribution in [-0.2, 0) is 0 Å². The van der Waals surface area contributed by atoms with Crippen molar-refractivity contribution in [2.75, 3.05) is 26.7 Å². The molecule has 0 radical (unpaired) electrons. The van der Waals surface area contributed by atoms with Gasteiger partial charge in [-0.15, -0.1) is 0 Å². The Morgan fingerprint density at radius 3 is 2.52 bits per heavy atom. The number of hydrogen-bond donors (Lipinski definition) is 1. The van der Waals surface area contributed by atoms with Crippen molar-refractivity contribution in [3.63, 3.8) is 0 Å². The van der Waals surface area contributed by atoms with E-state index in [9.17, 15) is 0 Å². The zero-order valence-electron chi connectivity index (χ0n) is 14.4. The van der Waals surface area contributed by atoms with E-state index in [1.165, 1.54) is 24.9 Å². The molecule has 3 nitrogen and oxygen atoms in total. The van der Waals surface area contributed by atoms with Crippen molar-refractivity contribution in [2.45, 2.75) is 52.6 Å². The molecule has 0 amide bonds. The molecule has 1 aromatic rings. The van der Waals surface area contributed by atoms with E-state index in [0.717, 1.165) is 18.8 Å². The standard InChI is InChI=1S/C18H32N2O/c1-6-20(7-2)13-9-10-15(3)19-16(4)17-11-8-12-18(14-17)21-5/h8,11-12,14-16,19H,6-7,9-10,13H2,1-5H3. The smallest absolute Gasteiger partial charge is 0.119 e. The molecule has 0 bridgehead atoms. The molecule has 0 saturated carbocycles. The summed E-state index contributed by atoms with van der Waals surface area (Å²) in [7, 11) is 1.72. The van der Waals surface area contributed by atoms with Gasteiger partial charge in [0.2, 0.25) is 0 Å². The van der Waals surface area contributed by atoms with Crippen molar-refractivity contribution in [1.29, 1.82) is 0 Å².